The molecule has 1 amide bonds. The Morgan fingerprint density at radius 2 is 2.05 bits per heavy atom. The predicted octanol–water partition coefficient (Wildman–Crippen LogP) is 2.33. The van der Waals surface area contributed by atoms with E-state index in [2.05, 4.69) is 12.0 Å². The molecule has 1 saturated heterocycles. The van der Waals surface area contributed by atoms with Gasteiger partial charge >= 0.3 is 0 Å². The van der Waals surface area contributed by atoms with Crippen LogP contribution in [0.1, 0.15) is 30.3 Å². The van der Waals surface area contributed by atoms with Crippen LogP contribution < -0.4 is 5.73 Å². The number of amides is 1. The first-order chi connectivity index (χ1) is 10.1. The minimum atomic E-state index is 0.0181. The zero-order valence-corrected chi connectivity index (χ0v) is 12.2. The van der Waals surface area contributed by atoms with Crippen molar-refractivity contribution in [1.29, 1.82) is 0 Å². The summed E-state index contributed by atoms with van der Waals surface area (Å²) < 4.78 is 1.69. The number of nitrogens with zero attached hydrogens (tertiary/aromatic N) is 3. The van der Waals surface area contributed by atoms with E-state index in [0.717, 1.165) is 31.6 Å². The van der Waals surface area contributed by atoms with E-state index in [1.807, 2.05) is 29.2 Å². The van der Waals surface area contributed by atoms with Gasteiger partial charge in [-0.3, -0.25) is 4.79 Å². The van der Waals surface area contributed by atoms with E-state index in [9.17, 15) is 4.79 Å². The van der Waals surface area contributed by atoms with Crippen LogP contribution in [-0.4, -0.2) is 33.7 Å². The number of aromatic nitrogens is 2. The molecule has 0 radical (unpaired) electrons. The Morgan fingerprint density at radius 3 is 2.76 bits per heavy atom. The number of piperidine rings is 1. The highest BCUT2D eigenvalue weighted by Crippen LogP contribution is 2.18. The highest BCUT2D eigenvalue weighted by Gasteiger charge is 2.23. The van der Waals surface area contributed by atoms with Gasteiger partial charge in [-0.05, 0) is 43.0 Å². The monoisotopic (exact) mass is 284 g/mol. The molecule has 0 saturated carbocycles. The van der Waals surface area contributed by atoms with E-state index in [1.54, 1.807) is 16.9 Å². The zero-order valence-electron chi connectivity index (χ0n) is 12.2. The van der Waals surface area contributed by atoms with Crippen molar-refractivity contribution in [2.24, 2.45) is 5.92 Å². The standard InChI is InChI=1S/C16H20N4O/c1-12-5-8-19(9-6-12)16(21)15-7-10-20(18-15)14-4-2-3-13(17)11-14/h2-4,7,10-12H,5-6,8-9,17H2,1H3. The molecule has 0 aliphatic carbocycles. The third-order valence-electron chi connectivity index (χ3n) is 4.01. The number of benzene rings is 1. The average Bonchev–Trinajstić information content (AvgIpc) is 2.97. The third-order valence-corrected chi connectivity index (χ3v) is 4.01. The molecule has 1 aliphatic heterocycles. The molecule has 1 fully saturated rings. The maximum absolute atomic E-state index is 12.4. The fourth-order valence-corrected chi connectivity index (χ4v) is 2.62. The Labute approximate surface area is 124 Å². The van der Waals surface area contributed by atoms with Gasteiger partial charge in [0.25, 0.3) is 5.91 Å². The molecule has 1 aromatic carbocycles. The molecular weight excluding hydrogens is 264 g/mol. The lowest BCUT2D eigenvalue weighted by atomic mass is 9.99. The van der Waals surface area contributed by atoms with Gasteiger partial charge < -0.3 is 10.6 Å². The predicted molar refractivity (Wildman–Crippen MR) is 82.3 cm³/mol. The van der Waals surface area contributed by atoms with Crippen LogP contribution in [0, 0.1) is 5.92 Å². The first kappa shape index (κ1) is 13.7. The van der Waals surface area contributed by atoms with Gasteiger partial charge in [0.05, 0.1) is 5.69 Å². The number of likely N-dealkylation sites (tertiary alicyclic amines) is 1. The average molecular weight is 284 g/mol. The fraction of sp³-hybridized carbons (Fsp3) is 0.375. The van der Waals surface area contributed by atoms with Gasteiger partial charge in [0, 0.05) is 25.0 Å². The van der Waals surface area contributed by atoms with Crippen molar-refractivity contribution in [3.8, 4) is 5.69 Å². The largest absolute Gasteiger partial charge is 0.399 e. The lowest BCUT2D eigenvalue weighted by Gasteiger charge is -2.29. The van der Waals surface area contributed by atoms with E-state index in [-0.39, 0.29) is 5.91 Å². The van der Waals surface area contributed by atoms with Crippen molar-refractivity contribution in [3.05, 3.63) is 42.2 Å². The Morgan fingerprint density at radius 1 is 1.29 bits per heavy atom. The summed E-state index contributed by atoms with van der Waals surface area (Å²) in [7, 11) is 0. The van der Waals surface area contributed by atoms with Gasteiger partial charge in [-0.25, -0.2) is 4.68 Å². The van der Waals surface area contributed by atoms with Gasteiger partial charge in [-0.1, -0.05) is 13.0 Å². The number of nitrogens with two attached hydrogens (primary N) is 1. The van der Waals surface area contributed by atoms with Crippen LogP contribution in [0.5, 0.6) is 0 Å². The summed E-state index contributed by atoms with van der Waals surface area (Å²) in [6.07, 6.45) is 3.94. The van der Waals surface area contributed by atoms with Gasteiger partial charge in [-0.15, -0.1) is 0 Å². The first-order valence-corrected chi connectivity index (χ1v) is 7.34. The summed E-state index contributed by atoms with van der Waals surface area (Å²) in [5, 5.41) is 4.39. The molecule has 110 valence electrons. The number of hydrogen-bond donors (Lipinski definition) is 1. The van der Waals surface area contributed by atoms with Crippen LogP contribution in [0.25, 0.3) is 5.69 Å². The molecule has 1 aromatic heterocycles. The van der Waals surface area contributed by atoms with Crippen LogP contribution in [0.3, 0.4) is 0 Å². The molecule has 2 heterocycles. The first-order valence-electron chi connectivity index (χ1n) is 7.34. The summed E-state index contributed by atoms with van der Waals surface area (Å²) in [6.45, 7) is 3.88. The van der Waals surface area contributed by atoms with Gasteiger partial charge in [0.1, 0.15) is 0 Å². The van der Waals surface area contributed by atoms with Crippen molar-refractivity contribution in [1.82, 2.24) is 14.7 Å². The second-order valence-electron chi connectivity index (χ2n) is 5.72. The molecule has 3 rings (SSSR count). The Balaban J connectivity index is 1.77. The van der Waals surface area contributed by atoms with Crippen LogP contribution in [0.15, 0.2) is 36.5 Å². The van der Waals surface area contributed by atoms with Crippen LogP contribution in [-0.2, 0) is 0 Å². The van der Waals surface area contributed by atoms with E-state index < -0.39 is 0 Å². The Bertz CT molecular complexity index is 641. The molecule has 21 heavy (non-hydrogen) atoms. The fourth-order valence-electron chi connectivity index (χ4n) is 2.62. The lowest BCUT2D eigenvalue weighted by Crippen LogP contribution is -2.38. The minimum Gasteiger partial charge on any atom is -0.399 e. The summed E-state index contributed by atoms with van der Waals surface area (Å²) in [4.78, 5) is 14.3. The van der Waals surface area contributed by atoms with Crippen molar-refractivity contribution in [2.75, 3.05) is 18.8 Å². The Hall–Kier alpha value is -2.30. The molecule has 1 aliphatic rings. The third kappa shape index (κ3) is 2.91. The van der Waals surface area contributed by atoms with E-state index >= 15 is 0 Å². The topological polar surface area (TPSA) is 64.2 Å². The number of carbonyl (C=O) groups excluding carboxylic acids is 1. The maximum atomic E-state index is 12.4. The van der Waals surface area contributed by atoms with Crippen molar-refractivity contribution >= 4 is 11.6 Å². The summed E-state index contributed by atoms with van der Waals surface area (Å²) >= 11 is 0. The van der Waals surface area contributed by atoms with Crippen LogP contribution >= 0.6 is 0 Å². The van der Waals surface area contributed by atoms with E-state index in [1.165, 1.54) is 0 Å². The Kier molecular flexibility index (Phi) is 3.64. The van der Waals surface area contributed by atoms with E-state index in [4.69, 9.17) is 5.73 Å². The smallest absolute Gasteiger partial charge is 0.274 e. The normalized spacial score (nSPS) is 16.1. The number of rotatable bonds is 2. The van der Waals surface area contributed by atoms with Crippen LogP contribution in [0.2, 0.25) is 0 Å². The molecule has 0 unspecified atom stereocenters. The molecule has 5 heteroatoms. The van der Waals surface area contributed by atoms with Gasteiger partial charge in [-0.2, -0.15) is 5.10 Å². The summed E-state index contributed by atoms with van der Waals surface area (Å²) in [5.41, 5.74) is 7.81. The molecular formula is C16H20N4O. The van der Waals surface area contributed by atoms with Gasteiger partial charge in [0.2, 0.25) is 0 Å². The number of hydrogen-bond acceptors (Lipinski definition) is 3. The SMILES string of the molecule is CC1CCN(C(=O)c2ccn(-c3cccc(N)c3)n2)CC1. The minimum absolute atomic E-state index is 0.0181. The number of nitrogen functional groups attached to an aromatic ring is 1. The second kappa shape index (κ2) is 5.60. The van der Waals surface area contributed by atoms with Crippen LogP contribution in [0.4, 0.5) is 5.69 Å². The maximum Gasteiger partial charge on any atom is 0.274 e. The zero-order chi connectivity index (χ0) is 14.8. The lowest BCUT2D eigenvalue weighted by molar-refractivity contribution is 0.0691. The van der Waals surface area contributed by atoms with Crippen molar-refractivity contribution in [2.45, 2.75) is 19.8 Å². The molecule has 0 bridgehead atoms. The van der Waals surface area contributed by atoms with Crippen molar-refractivity contribution < 1.29 is 4.79 Å². The van der Waals surface area contributed by atoms with Crippen molar-refractivity contribution in [3.63, 3.8) is 0 Å². The molecule has 0 atom stereocenters. The van der Waals surface area contributed by atoms with Gasteiger partial charge in [0.15, 0.2) is 5.69 Å². The number of carbonyl (C=O) groups is 1. The number of anilines is 1. The summed E-state index contributed by atoms with van der Waals surface area (Å²) in [6, 6.07) is 9.22. The second-order valence-corrected chi connectivity index (χ2v) is 5.72. The summed E-state index contributed by atoms with van der Waals surface area (Å²) in [5.74, 6) is 0.725. The molecule has 5 nitrogen and oxygen atoms in total. The quantitative estimate of drug-likeness (QED) is 0.861. The molecule has 2 aromatic rings. The highest BCUT2D eigenvalue weighted by atomic mass is 16.2. The highest BCUT2D eigenvalue weighted by molar-refractivity contribution is 5.92. The molecule has 0 spiro atoms. The molecule has 2 N–H and O–H groups in total. The van der Waals surface area contributed by atoms with E-state index in [0.29, 0.717) is 17.3 Å².